The third-order valence-electron chi connectivity index (χ3n) is 2.41. The number of anilines is 1. The predicted molar refractivity (Wildman–Crippen MR) is 67.9 cm³/mol. The Morgan fingerprint density at radius 1 is 1.56 bits per heavy atom. The topological polar surface area (TPSA) is 82.0 Å². The first-order chi connectivity index (χ1) is 8.69. The minimum atomic E-state index is -0.298. The van der Waals surface area contributed by atoms with Gasteiger partial charge in [-0.1, -0.05) is 6.07 Å². The Bertz CT molecular complexity index is 537. The van der Waals surface area contributed by atoms with E-state index in [0.29, 0.717) is 12.3 Å². The summed E-state index contributed by atoms with van der Waals surface area (Å²) >= 11 is 1.50. The van der Waals surface area contributed by atoms with Crippen LogP contribution < -0.4 is 10.6 Å². The maximum absolute atomic E-state index is 11.3. The van der Waals surface area contributed by atoms with Crippen LogP contribution in [0.1, 0.15) is 12.0 Å². The minimum Gasteiger partial charge on any atom is -0.351 e. The lowest BCUT2D eigenvalue weighted by molar-refractivity contribution is -0.120. The minimum absolute atomic E-state index is 0.0156. The lowest BCUT2D eigenvalue weighted by atomic mass is 10.2. The van der Waals surface area contributed by atoms with E-state index in [4.69, 9.17) is 5.26 Å². The average Bonchev–Trinajstić information content (AvgIpc) is 2.36. The van der Waals surface area contributed by atoms with Gasteiger partial charge in [0.2, 0.25) is 11.8 Å². The second-order valence-corrected chi connectivity index (χ2v) is 4.80. The molecule has 0 fully saturated rings. The van der Waals surface area contributed by atoms with Crippen molar-refractivity contribution in [2.75, 3.05) is 11.1 Å². The van der Waals surface area contributed by atoms with Gasteiger partial charge in [0.15, 0.2) is 0 Å². The zero-order chi connectivity index (χ0) is 13.0. The van der Waals surface area contributed by atoms with Crippen LogP contribution in [0.4, 0.5) is 5.69 Å². The SMILES string of the molecule is N#CCC(=O)NCc1ccc2c(c1)NC(=O)CS2. The number of carbonyl (C=O) groups excluding carboxylic acids is 2. The smallest absolute Gasteiger partial charge is 0.234 e. The van der Waals surface area contributed by atoms with E-state index in [0.717, 1.165) is 16.1 Å². The molecule has 18 heavy (non-hydrogen) atoms. The summed E-state index contributed by atoms with van der Waals surface area (Å²) in [6.07, 6.45) is -0.141. The fourth-order valence-corrected chi connectivity index (χ4v) is 2.36. The molecule has 92 valence electrons. The Morgan fingerprint density at radius 2 is 2.39 bits per heavy atom. The van der Waals surface area contributed by atoms with Gasteiger partial charge in [-0.2, -0.15) is 5.26 Å². The highest BCUT2D eigenvalue weighted by Crippen LogP contribution is 2.31. The summed E-state index contributed by atoms with van der Waals surface area (Å²) in [5.74, 6) is 0.123. The normalized spacial score (nSPS) is 13.2. The number of carbonyl (C=O) groups is 2. The number of benzene rings is 1. The molecule has 2 amide bonds. The van der Waals surface area contributed by atoms with E-state index in [1.807, 2.05) is 18.2 Å². The first-order valence-electron chi connectivity index (χ1n) is 5.38. The Morgan fingerprint density at radius 3 is 3.17 bits per heavy atom. The van der Waals surface area contributed by atoms with Crippen molar-refractivity contribution in [3.05, 3.63) is 23.8 Å². The van der Waals surface area contributed by atoms with E-state index in [1.54, 1.807) is 6.07 Å². The van der Waals surface area contributed by atoms with Gasteiger partial charge in [0.25, 0.3) is 0 Å². The van der Waals surface area contributed by atoms with Gasteiger partial charge < -0.3 is 10.6 Å². The Labute approximate surface area is 109 Å². The predicted octanol–water partition coefficient (Wildman–Crippen LogP) is 1.26. The number of thioether (sulfide) groups is 1. The fourth-order valence-electron chi connectivity index (χ4n) is 1.58. The molecule has 2 N–H and O–H groups in total. The molecule has 1 aliphatic heterocycles. The van der Waals surface area contributed by atoms with E-state index in [1.165, 1.54) is 11.8 Å². The Kier molecular flexibility index (Phi) is 3.85. The summed E-state index contributed by atoms with van der Waals surface area (Å²) in [6.45, 7) is 0.355. The summed E-state index contributed by atoms with van der Waals surface area (Å²) < 4.78 is 0. The van der Waals surface area contributed by atoms with Gasteiger partial charge in [-0.25, -0.2) is 0 Å². The fraction of sp³-hybridized carbons (Fsp3) is 0.250. The molecule has 1 aliphatic rings. The van der Waals surface area contributed by atoms with E-state index in [2.05, 4.69) is 10.6 Å². The highest BCUT2D eigenvalue weighted by Gasteiger charge is 2.15. The van der Waals surface area contributed by atoms with Crippen molar-refractivity contribution < 1.29 is 9.59 Å². The van der Waals surface area contributed by atoms with Gasteiger partial charge in [0, 0.05) is 11.4 Å². The largest absolute Gasteiger partial charge is 0.351 e. The van der Waals surface area contributed by atoms with Crippen LogP contribution in [0.3, 0.4) is 0 Å². The highest BCUT2D eigenvalue weighted by atomic mass is 32.2. The van der Waals surface area contributed by atoms with Crippen molar-refractivity contribution in [2.24, 2.45) is 0 Å². The maximum atomic E-state index is 11.3. The van der Waals surface area contributed by atoms with Crippen LogP contribution in [0, 0.1) is 11.3 Å². The first-order valence-corrected chi connectivity index (χ1v) is 6.37. The Hall–Kier alpha value is -2.00. The molecule has 0 saturated heterocycles. The monoisotopic (exact) mass is 261 g/mol. The number of nitriles is 1. The van der Waals surface area contributed by atoms with Crippen molar-refractivity contribution in [3.8, 4) is 6.07 Å². The molecular weight excluding hydrogens is 250 g/mol. The molecule has 0 aromatic heterocycles. The third kappa shape index (κ3) is 3.02. The van der Waals surface area contributed by atoms with Gasteiger partial charge in [-0.3, -0.25) is 9.59 Å². The summed E-state index contributed by atoms with van der Waals surface area (Å²) in [6, 6.07) is 7.45. The molecule has 0 atom stereocenters. The number of hydrogen-bond acceptors (Lipinski definition) is 4. The zero-order valence-corrected chi connectivity index (χ0v) is 10.3. The van der Waals surface area contributed by atoms with Crippen LogP contribution in [-0.4, -0.2) is 17.6 Å². The summed E-state index contributed by atoms with van der Waals surface area (Å²) in [7, 11) is 0. The van der Waals surface area contributed by atoms with Crippen molar-refractivity contribution in [1.29, 1.82) is 5.26 Å². The molecule has 0 bridgehead atoms. The van der Waals surface area contributed by atoms with Gasteiger partial charge in [-0.05, 0) is 17.7 Å². The van der Waals surface area contributed by atoms with Crippen LogP contribution in [0.25, 0.3) is 0 Å². The molecule has 0 saturated carbocycles. The Balaban J connectivity index is 2.03. The second kappa shape index (κ2) is 5.56. The molecule has 0 radical (unpaired) electrons. The van der Waals surface area contributed by atoms with Crippen LogP contribution in [0.15, 0.2) is 23.1 Å². The number of rotatable bonds is 3. The number of hydrogen-bond donors (Lipinski definition) is 2. The van der Waals surface area contributed by atoms with Crippen LogP contribution in [-0.2, 0) is 16.1 Å². The van der Waals surface area contributed by atoms with E-state index < -0.39 is 0 Å². The molecule has 5 nitrogen and oxygen atoms in total. The van der Waals surface area contributed by atoms with Crippen molar-refractivity contribution in [2.45, 2.75) is 17.9 Å². The van der Waals surface area contributed by atoms with E-state index >= 15 is 0 Å². The molecule has 1 aromatic carbocycles. The lowest BCUT2D eigenvalue weighted by Crippen LogP contribution is -2.22. The molecule has 1 aromatic rings. The third-order valence-corrected chi connectivity index (χ3v) is 3.48. The second-order valence-electron chi connectivity index (χ2n) is 3.78. The molecule has 0 aliphatic carbocycles. The van der Waals surface area contributed by atoms with Crippen LogP contribution in [0.5, 0.6) is 0 Å². The molecule has 0 spiro atoms. The molecular formula is C12H11N3O2S. The zero-order valence-electron chi connectivity index (χ0n) is 9.53. The van der Waals surface area contributed by atoms with Gasteiger partial charge in [0.1, 0.15) is 6.42 Å². The van der Waals surface area contributed by atoms with E-state index in [-0.39, 0.29) is 18.2 Å². The molecule has 6 heteroatoms. The van der Waals surface area contributed by atoms with Crippen LogP contribution >= 0.6 is 11.8 Å². The quantitative estimate of drug-likeness (QED) is 0.858. The standard InChI is InChI=1S/C12H11N3O2S/c13-4-3-11(16)14-6-8-1-2-10-9(5-8)15-12(17)7-18-10/h1-2,5H,3,6-7H2,(H,14,16)(H,15,17). The van der Waals surface area contributed by atoms with Crippen molar-refractivity contribution in [1.82, 2.24) is 5.32 Å². The average molecular weight is 261 g/mol. The molecule has 0 unspecified atom stereocenters. The van der Waals surface area contributed by atoms with Crippen molar-refractivity contribution in [3.63, 3.8) is 0 Å². The number of nitrogens with one attached hydrogen (secondary N) is 2. The maximum Gasteiger partial charge on any atom is 0.234 e. The van der Waals surface area contributed by atoms with Crippen LogP contribution in [0.2, 0.25) is 0 Å². The van der Waals surface area contributed by atoms with Crippen molar-refractivity contribution >= 4 is 29.3 Å². The van der Waals surface area contributed by atoms with Gasteiger partial charge >= 0.3 is 0 Å². The molecule has 1 heterocycles. The summed E-state index contributed by atoms with van der Waals surface area (Å²) in [4.78, 5) is 23.4. The lowest BCUT2D eigenvalue weighted by Gasteiger charge is -2.17. The highest BCUT2D eigenvalue weighted by molar-refractivity contribution is 8.00. The summed E-state index contributed by atoms with van der Waals surface area (Å²) in [5, 5.41) is 13.8. The number of nitrogens with zero attached hydrogens (tertiary/aromatic N) is 1. The summed E-state index contributed by atoms with van der Waals surface area (Å²) in [5.41, 5.74) is 1.67. The molecule has 2 rings (SSSR count). The number of amides is 2. The van der Waals surface area contributed by atoms with E-state index in [9.17, 15) is 9.59 Å². The van der Waals surface area contributed by atoms with Gasteiger partial charge in [0.05, 0.1) is 17.5 Å². The van der Waals surface area contributed by atoms with Gasteiger partial charge in [-0.15, -0.1) is 11.8 Å². The number of fused-ring (bicyclic) bond motifs is 1. The first kappa shape index (κ1) is 12.5.